The van der Waals surface area contributed by atoms with Crippen LogP contribution in [0.25, 0.3) is 10.8 Å². The smallest absolute Gasteiger partial charge is 0.297 e. The maximum Gasteiger partial charge on any atom is 0.297 e. The number of azo groups is 1. The minimum Gasteiger partial charge on any atom is -0.505 e. The molecule has 4 aromatic carbocycles. The van der Waals surface area contributed by atoms with Gasteiger partial charge in [0.2, 0.25) is 0 Å². The molecule has 9 nitrogen and oxygen atoms in total. The number of carbonyl (C=O) groups is 1. The molecule has 0 aliphatic rings. The lowest BCUT2D eigenvalue weighted by molar-refractivity contribution is 0.102. The molecule has 0 radical (unpaired) electrons. The largest absolute Gasteiger partial charge is 0.505 e. The summed E-state index contributed by atoms with van der Waals surface area (Å²) >= 11 is 12.1. The molecular formula is C25H19Cl2N3O6S. The molecule has 37 heavy (non-hydrogen) atoms. The van der Waals surface area contributed by atoms with Crippen molar-refractivity contribution in [3.05, 3.63) is 81.8 Å². The predicted molar refractivity (Wildman–Crippen MR) is 142 cm³/mol. The maximum atomic E-state index is 13.1. The van der Waals surface area contributed by atoms with Crippen molar-refractivity contribution in [3.63, 3.8) is 0 Å². The topological polar surface area (TPSA) is 138 Å². The molecule has 3 N–H and O–H groups in total. The summed E-state index contributed by atoms with van der Waals surface area (Å²) < 4.78 is 38.8. The van der Waals surface area contributed by atoms with Crippen LogP contribution in [0.5, 0.6) is 11.5 Å². The Bertz CT molecular complexity index is 1690. The van der Waals surface area contributed by atoms with Gasteiger partial charge in [0.25, 0.3) is 16.0 Å². The first kappa shape index (κ1) is 26.4. The molecule has 0 aromatic heterocycles. The van der Waals surface area contributed by atoms with Gasteiger partial charge in [-0.25, -0.2) is 0 Å². The van der Waals surface area contributed by atoms with Crippen LogP contribution in [0.4, 0.5) is 17.1 Å². The van der Waals surface area contributed by atoms with E-state index in [0.717, 1.165) is 0 Å². The van der Waals surface area contributed by atoms with Gasteiger partial charge >= 0.3 is 0 Å². The number of methoxy groups -OCH3 is 1. The number of hydrogen-bond donors (Lipinski definition) is 3. The number of hydrogen-bond acceptors (Lipinski definition) is 7. The van der Waals surface area contributed by atoms with Crippen LogP contribution in [0.3, 0.4) is 0 Å². The number of benzene rings is 4. The second-order valence-corrected chi connectivity index (χ2v) is 10.0. The normalized spacial score (nSPS) is 11.7. The van der Waals surface area contributed by atoms with Gasteiger partial charge in [0, 0.05) is 22.2 Å². The zero-order valence-corrected chi connectivity index (χ0v) is 21.7. The third kappa shape index (κ3) is 5.37. The molecule has 0 spiro atoms. The van der Waals surface area contributed by atoms with Gasteiger partial charge in [-0.1, -0.05) is 47.5 Å². The molecule has 0 aliphatic heterocycles. The Hall–Kier alpha value is -3.70. The third-order valence-corrected chi connectivity index (χ3v) is 7.24. The second kappa shape index (κ2) is 10.3. The number of ether oxygens (including phenoxy) is 1. The van der Waals surface area contributed by atoms with E-state index >= 15 is 0 Å². The molecule has 0 heterocycles. The Labute approximate surface area is 222 Å². The Balaban J connectivity index is 1.82. The van der Waals surface area contributed by atoms with Gasteiger partial charge in [0.15, 0.2) is 5.75 Å². The summed E-state index contributed by atoms with van der Waals surface area (Å²) in [5.74, 6) is -0.783. The van der Waals surface area contributed by atoms with Crippen molar-refractivity contribution in [2.24, 2.45) is 10.2 Å². The molecule has 0 atom stereocenters. The number of phenols is 1. The Morgan fingerprint density at radius 1 is 1.00 bits per heavy atom. The van der Waals surface area contributed by atoms with Gasteiger partial charge in [-0.05, 0) is 48.2 Å². The summed E-state index contributed by atoms with van der Waals surface area (Å²) in [5, 5.41) is 23.2. The molecule has 0 fully saturated rings. The van der Waals surface area contributed by atoms with Crippen molar-refractivity contribution in [3.8, 4) is 11.5 Å². The van der Waals surface area contributed by atoms with Gasteiger partial charge in [-0.15, -0.1) is 10.2 Å². The first-order valence-electron chi connectivity index (χ1n) is 10.6. The van der Waals surface area contributed by atoms with Crippen molar-refractivity contribution < 1.29 is 27.6 Å². The first-order valence-corrected chi connectivity index (χ1v) is 12.8. The fourth-order valence-electron chi connectivity index (χ4n) is 3.69. The van der Waals surface area contributed by atoms with Crippen LogP contribution in [0.15, 0.2) is 75.8 Å². The highest BCUT2D eigenvalue weighted by Crippen LogP contribution is 2.41. The summed E-state index contributed by atoms with van der Waals surface area (Å²) in [6, 6.07) is 15.6. The lowest BCUT2D eigenvalue weighted by atomic mass is 10.0. The Morgan fingerprint density at radius 3 is 2.41 bits per heavy atom. The zero-order valence-electron chi connectivity index (χ0n) is 19.4. The van der Waals surface area contributed by atoms with Crippen LogP contribution in [-0.4, -0.2) is 31.1 Å². The fourth-order valence-corrected chi connectivity index (χ4v) is 4.97. The number of nitrogens with one attached hydrogen (secondary N) is 1. The van der Waals surface area contributed by atoms with Crippen molar-refractivity contribution in [2.45, 2.75) is 11.8 Å². The van der Waals surface area contributed by atoms with Gasteiger partial charge in [0.05, 0.1) is 17.7 Å². The number of carbonyl (C=O) groups excluding carboxylic acids is 1. The molecule has 12 heteroatoms. The summed E-state index contributed by atoms with van der Waals surface area (Å²) in [5.41, 5.74) is 0.0725. The minimum absolute atomic E-state index is 0.0779. The second-order valence-electron chi connectivity index (χ2n) is 7.84. The lowest BCUT2D eigenvalue weighted by Crippen LogP contribution is -2.12. The van der Waals surface area contributed by atoms with Crippen molar-refractivity contribution in [2.75, 3.05) is 12.4 Å². The van der Waals surface area contributed by atoms with Gasteiger partial charge in [-0.3, -0.25) is 9.35 Å². The third-order valence-electron chi connectivity index (χ3n) is 5.48. The first-order chi connectivity index (χ1) is 17.5. The number of anilines is 1. The highest BCUT2D eigenvalue weighted by Gasteiger charge is 2.22. The maximum absolute atomic E-state index is 13.1. The molecule has 0 unspecified atom stereocenters. The zero-order chi connectivity index (χ0) is 26.9. The van der Waals surface area contributed by atoms with E-state index < -0.39 is 26.7 Å². The predicted octanol–water partition coefficient (Wildman–Crippen LogP) is 7.08. The lowest BCUT2D eigenvalue weighted by Gasteiger charge is -2.12. The van der Waals surface area contributed by atoms with E-state index in [1.165, 1.54) is 38.3 Å². The molecule has 4 rings (SSSR count). The molecule has 0 bridgehead atoms. The van der Waals surface area contributed by atoms with Crippen LogP contribution >= 0.6 is 23.2 Å². The highest BCUT2D eigenvalue weighted by molar-refractivity contribution is 7.86. The SMILES string of the molecule is COc1cc(NC(=O)c2cc3ccccc3c(N=Nc3ccc(Cl)c(C)c3S(=O)(=O)O)c2O)ccc1Cl. The number of nitrogens with zero attached hydrogens (tertiary/aromatic N) is 2. The van der Waals surface area contributed by atoms with Crippen LogP contribution < -0.4 is 10.1 Å². The molecule has 4 aromatic rings. The van der Waals surface area contributed by atoms with Crippen molar-refractivity contribution >= 4 is 67.1 Å². The Morgan fingerprint density at radius 2 is 1.70 bits per heavy atom. The van der Waals surface area contributed by atoms with E-state index in [0.29, 0.717) is 27.2 Å². The monoisotopic (exact) mass is 559 g/mol. The average molecular weight is 560 g/mol. The number of fused-ring (bicyclic) bond motifs is 1. The average Bonchev–Trinajstić information content (AvgIpc) is 2.85. The highest BCUT2D eigenvalue weighted by atomic mass is 35.5. The van der Waals surface area contributed by atoms with E-state index in [1.54, 1.807) is 36.4 Å². The summed E-state index contributed by atoms with van der Waals surface area (Å²) in [6.45, 7) is 1.41. The molecule has 190 valence electrons. The minimum atomic E-state index is -4.69. The fraction of sp³-hybridized carbons (Fsp3) is 0.0800. The Kier molecular flexibility index (Phi) is 7.37. The van der Waals surface area contributed by atoms with Gasteiger partial charge in [0.1, 0.15) is 22.0 Å². The number of halogens is 2. The number of phenolic OH excluding ortho intramolecular Hbond substituents is 1. The number of amides is 1. The molecule has 0 aliphatic carbocycles. The van der Waals surface area contributed by atoms with Crippen LogP contribution in [0, 0.1) is 6.92 Å². The summed E-state index contributed by atoms with van der Waals surface area (Å²) in [7, 11) is -3.25. The summed E-state index contributed by atoms with van der Waals surface area (Å²) in [4.78, 5) is 12.6. The molecule has 1 amide bonds. The van der Waals surface area contributed by atoms with Gasteiger partial charge < -0.3 is 15.2 Å². The summed E-state index contributed by atoms with van der Waals surface area (Å²) in [6.07, 6.45) is 0. The van der Waals surface area contributed by atoms with Crippen LogP contribution in [-0.2, 0) is 10.1 Å². The van der Waals surface area contributed by atoms with E-state index in [-0.39, 0.29) is 27.5 Å². The standard InChI is InChI=1S/C25H19Cl2N3O6S/c1-13-18(26)9-10-20(24(13)37(33,34)35)29-30-22-16-6-4-3-5-14(16)11-17(23(22)31)25(32)28-15-7-8-19(27)21(12-15)36-2/h3-12,31H,1-2H3,(H,28,32)(H,33,34,35). The van der Waals surface area contributed by atoms with E-state index in [1.807, 2.05) is 0 Å². The van der Waals surface area contributed by atoms with E-state index in [9.17, 15) is 22.9 Å². The quantitative estimate of drug-likeness (QED) is 0.170. The van der Waals surface area contributed by atoms with Crippen molar-refractivity contribution in [1.29, 1.82) is 0 Å². The van der Waals surface area contributed by atoms with E-state index in [2.05, 4.69) is 15.5 Å². The van der Waals surface area contributed by atoms with E-state index in [4.69, 9.17) is 27.9 Å². The molecular weight excluding hydrogens is 541 g/mol. The van der Waals surface area contributed by atoms with Crippen LogP contribution in [0.1, 0.15) is 15.9 Å². The van der Waals surface area contributed by atoms with Crippen molar-refractivity contribution in [1.82, 2.24) is 0 Å². The van der Waals surface area contributed by atoms with Gasteiger partial charge in [-0.2, -0.15) is 8.42 Å². The number of aromatic hydroxyl groups is 1. The van der Waals surface area contributed by atoms with Crippen LogP contribution in [0.2, 0.25) is 10.0 Å². The molecule has 0 saturated carbocycles. The number of rotatable bonds is 6. The molecule has 0 saturated heterocycles.